The lowest BCUT2D eigenvalue weighted by atomic mass is 10.1. The minimum absolute atomic E-state index is 0.317. The van der Waals surface area contributed by atoms with Crippen LogP contribution in [0.3, 0.4) is 0 Å². The molecule has 0 radical (unpaired) electrons. The maximum absolute atomic E-state index is 11.8. The fraction of sp³-hybridized carbons (Fsp3) is 0.200. The van der Waals surface area contributed by atoms with Gasteiger partial charge in [-0.15, -0.1) is 0 Å². The molecule has 0 aliphatic rings. The fourth-order valence-corrected chi connectivity index (χ4v) is 1.08. The maximum atomic E-state index is 11.8. The first kappa shape index (κ1) is 9.74. The van der Waals surface area contributed by atoms with E-state index in [1.165, 1.54) is 7.11 Å². The van der Waals surface area contributed by atoms with Crippen molar-refractivity contribution in [1.29, 1.82) is 0 Å². The van der Waals surface area contributed by atoms with E-state index in [1.807, 2.05) is 0 Å². The van der Waals surface area contributed by atoms with Crippen molar-refractivity contribution in [1.82, 2.24) is 0 Å². The molecule has 1 unspecified atom stereocenters. The molecule has 70 valence electrons. The molecule has 1 atom stereocenters. The Kier molecular flexibility index (Phi) is 3.46. The third-order valence-corrected chi connectivity index (χ3v) is 1.71. The second kappa shape index (κ2) is 4.62. The molecule has 1 aromatic rings. The highest BCUT2D eigenvalue weighted by molar-refractivity contribution is 5.36. The minimum Gasteiger partial charge on any atom is -0.496 e. The predicted molar refractivity (Wildman–Crippen MR) is 48.2 cm³/mol. The second-order valence-corrected chi connectivity index (χ2v) is 2.51. The molecule has 0 bridgehead atoms. The SMILES string of the molecule is COc1ccccc1C(O)C=CF. The Labute approximate surface area is 76.3 Å². The first-order valence-corrected chi connectivity index (χ1v) is 3.87. The number of aliphatic hydroxyl groups is 1. The minimum atomic E-state index is -0.957. The van der Waals surface area contributed by atoms with Crippen LogP contribution in [0.1, 0.15) is 11.7 Å². The Hall–Kier alpha value is -1.35. The van der Waals surface area contributed by atoms with Gasteiger partial charge in [0.1, 0.15) is 11.9 Å². The van der Waals surface area contributed by atoms with Crippen molar-refractivity contribution in [3.05, 3.63) is 42.2 Å². The van der Waals surface area contributed by atoms with Crippen molar-refractivity contribution < 1.29 is 14.2 Å². The molecule has 0 aliphatic carbocycles. The average Bonchev–Trinajstić information content (AvgIpc) is 2.18. The zero-order valence-electron chi connectivity index (χ0n) is 7.27. The fourth-order valence-electron chi connectivity index (χ4n) is 1.08. The number of ether oxygens (including phenoxy) is 1. The van der Waals surface area contributed by atoms with Crippen molar-refractivity contribution in [2.24, 2.45) is 0 Å². The van der Waals surface area contributed by atoms with Gasteiger partial charge in [0.2, 0.25) is 0 Å². The summed E-state index contributed by atoms with van der Waals surface area (Å²) in [5.41, 5.74) is 0.555. The van der Waals surface area contributed by atoms with E-state index < -0.39 is 6.10 Å². The van der Waals surface area contributed by atoms with Crippen LogP contribution in [0.2, 0.25) is 0 Å². The summed E-state index contributed by atoms with van der Waals surface area (Å²) in [6, 6.07) is 6.94. The molecule has 0 heterocycles. The molecule has 0 saturated carbocycles. The molecule has 0 aromatic heterocycles. The van der Waals surface area contributed by atoms with Crippen LogP contribution in [0.25, 0.3) is 0 Å². The van der Waals surface area contributed by atoms with E-state index in [9.17, 15) is 9.50 Å². The van der Waals surface area contributed by atoms with E-state index in [2.05, 4.69) is 0 Å². The van der Waals surface area contributed by atoms with Gasteiger partial charge >= 0.3 is 0 Å². The monoisotopic (exact) mass is 182 g/mol. The Balaban J connectivity index is 2.98. The molecule has 13 heavy (non-hydrogen) atoms. The third-order valence-electron chi connectivity index (χ3n) is 1.71. The second-order valence-electron chi connectivity index (χ2n) is 2.51. The number of hydrogen-bond donors (Lipinski definition) is 1. The van der Waals surface area contributed by atoms with E-state index in [-0.39, 0.29) is 0 Å². The van der Waals surface area contributed by atoms with E-state index >= 15 is 0 Å². The van der Waals surface area contributed by atoms with Crippen LogP contribution >= 0.6 is 0 Å². The Morgan fingerprint density at radius 1 is 1.46 bits per heavy atom. The molecule has 1 rings (SSSR count). The van der Waals surface area contributed by atoms with Gasteiger partial charge in [0.25, 0.3) is 0 Å². The lowest BCUT2D eigenvalue weighted by Crippen LogP contribution is -1.96. The number of rotatable bonds is 3. The van der Waals surface area contributed by atoms with Crippen LogP contribution in [0.5, 0.6) is 5.75 Å². The van der Waals surface area contributed by atoms with Gasteiger partial charge in [-0.2, -0.15) is 0 Å². The van der Waals surface area contributed by atoms with E-state index in [0.29, 0.717) is 17.6 Å². The van der Waals surface area contributed by atoms with Crippen molar-refractivity contribution in [3.8, 4) is 5.75 Å². The predicted octanol–water partition coefficient (Wildman–Crippen LogP) is 2.21. The van der Waals surface area contributed by atoms with Crippen LogP contribution in [-0.2, 0) is 0 Å². The van der Waals surface area contributed by atoms with Gasteiger partial charge in [-0.3, -0.25) is 0 Å². The lowest BCUT2D eigenvalue weighted by molar-refractivity contribution is 0.221. The van der Waals surface area contributed by atoms with Gasteiger partial charge in [-0.1, -0.05) is 18.2 Å². The molecule has 1 aromatic carbocycles. The van der Waals surface area contributed by atoms with Crippen LogP contribution in [0, 0.1) is 0 Å². The average molecular weight is 182 g/mol. The number of aliphatic hydroxyl groups excluding tert-OH is 1. The first-order chi connectivity index (χ1) is 6.29. The molecule has 2 nitrogen and oxygen atoms in total. The summed E-state index contributed by atoms with van der Waals surface area (Å²) in [7, 11) is 1.50. The molecule has 0 amide bonds. The summed E-state index contributed by atoms with van der Waals surface area (Å²) in [5, 5.41) is 9.43. The Morgan fingerprint density at radius 2 is 2.15 bits per heavy atom. The van der Waals surface area contributed by atoms with Gasteiger partial charge in [-0.25, -0.2) is 4.39 Å². The lowest BCUT2D eigenvalue weighted by Gasteiger charge is -2.10. The third kappa shape index (κ3) is 2.29. The van der Waals surface area contributed by atoms with Gasteiger partial charge in [0.05, 0.1) is 13.4 Å². The van der Waals surface area contributed by atoms with Crippen molar-refractivity contribution in [2.75, 3.05) is 7.11 Å². The smallest absolute Gasteiger partial charge is 0.124 e. The highest BCUT2D eigenvalue weighted by atomic mass is 19.1. The van der Waals surface area contributed by atoms with Gasteiger partial charge in [0.15, 0.2) is 0 Å². The number of hydrogen-bond acceptors (Lipinski definition) is 2. The van der Waals surface area contributed by atoms with Crippen molar-refractivity contribution in [3.63, 3.8) is 0 Å². The maximum Gasteiger partial charge on any atom is 0.124 e. The van der Waals surface area contributed by atoms with Gasteiger partial charge in [-0.05, 0) is 12.1 Å². The molecule has 0 fully saturated rings. The molecule has 1 N–H and O–H groups in total. The highest BCUT2D eigenvalue weighted by Gasteiger charge is 2.08. The van der Waals surface area contributed by atoms with Crippen LogP contribution in [0.4, 0.5) is 4.39 Å². The Bertz CT molecular complexity index is 297. The van der Waals surface area contributed by atoms with Crippen LogP contribution in [0.15, 0.2) is 36.7 Å². The zero-order valence-corrected chi connectivity index (χ0v) is 7.27. The summed E-state index contributed by atoms with van der Waals surface area (Å²) in [5.74, 6) is 0.549. The van der Waals surface area contributed by atoms with Crippen molar-refractivity contribution >= 4 is 0 Å². The van der Waals surface area contributed by atoms with Gasteiger partial charge < -0.3 is 9.84 Å². The van der Waals surface area contributed by atoms with E-state index in [0.717, 1.165) is 6.08 Å². The molecular weight excluding hydrogens is 171 g/mol. The summed E-state index contributed by atoms with van der Waals surface area (Å²) >= 11 is 0. The quantitative estimate of drug-likeness (QED) is 0.776. The van der Waals surface area contributed by atoms with Crippen molar-refractivity contribution in [2.45, 2.75) is 6.10 Å². The van der Waals surface area contributed by atoms with Gasteiger partial charge in [0, 0.05) is 5.56 Å². The molecule has 0 aliphatic heterocycles. The normalized spacial score (nSPS) is 13.2. The topological polar surface area (TPSA) is 29.5 Å². The number of para-hydroxylation sites is 1. The largest absolute Gasteiger partial charge is 0.496 e. The Morgan fingerprint density at radius 3 is 2.77 bits per heavy atom. The van der Waals surface area contributed by atoms with E-state index in [1.54, 1.807) is 24.3 Å². The zero-order chi connectivity index (χ0) is 9.68. The van der Waals surface area contributed by atoms with Crippen LogP contribution in [-0.4, -0.2) is 12.2 Å². The summed E-state index contributed by atoms with van der Waals surface area (Å²) in [4.78, 5) is 0. The highest BCUT2D eigenvalue weighted by Crippen LogP contribution is 2.25. The number of halogens is 1. The summed E-state index contributed by atoms with van der Waals surface area (Å²) in [6.07, 6.45) is 0.413. The molecule has 0 saturated heterocycles. The molecular formula is C10H11FO2. The molecule has 3 heteroatoms. The van der Waals surface area contributed by atoms with Crippen LogP contribution < -0.4 is 4.74 Å². The summed E-state index contributed by atoms with van der Waals surface area (Å²) < 4.78 is 16.8. The van der Waals surface area contributed by atoms with E-state index in [4.69, 9.17) is 4.74 Å². The number of methoxy groups -OCH3 is 1. The first-order valence-electron chi connectivity index (χ1n) is 3.87. The standard InChI is InChI=1S/C10H11FO2/c1-13-10-5-3-2-4-8(10)9(12)6-7-11/h2-7,9,12H,1H3. The summed E-state index contributed by atoms with van der Waals surface area (Å²) in [6.45, 7) is 0. The molecule has 0 spiro atoms. The number of benzene rings is 1.